The van der Waals surface area contributed by atoms with Gasteiger partial charge in [-0.15, -0.1) is 0 Å². The lowest BCUT2D eigenvalue weighted by atomic mass is 9.98. The number of benzene rings is 2. The second kappa shape index (κ2) is 5.98. The van der Waals surface area contributed by atoms with Gasteiger partial charge < -0.3 is 4.42 Å². The molecule has 1 aromatic heterocycles. The van der Waals surface area contributed by atoms with E-state index in [0.29, 0.717) is 22.6 Å². The Morgan fingerprint density at radius 1 is 1.00 bits per heavy atom. The van der Waals surface area contributed by atoms with Crippen LogP contribution in [-0.4, -0.2) is 28.2 Å². The van der Waals surface area contributed by atoms with Crippen LogP contribution in [0.4, 0.5) is 4.39 Å². The first kappa shape index (κ1) is 15.3. The van der Waals surface area contributed by atoms with Gasteiger partial charge >= 0.3 is 0 Å². The van der Waals surface area contributed by atoms with Gasteiger partial charge in [-0.3, -0.25) is 14.5 Å². The van der Waals surface area contributed by atoms with Gasteiger partial charge in [0.25, 0.3) is 11.8 Å². The van der Waals surface area contributed by atoms with E-state index in [-0.39, 0.29) is 24.2 Å². The number of carbonyl (C=O) groups is 2. The molecule has 1 atom stereocenters. The highest BCUT2D eigenvalue weighted by molar-refractivity contribution is 6.21. The van der Waals surface area contributed by atoms with Crippen molar-refractivity contribution in [1.29, 1.82) is 0 Å². The molecule has 0 saturated heterocycles. The lowest BCUT2D eigenvalue weighted by Gasteiger charge is -2.20. The van der Waals surface area contributed by atoms with Gasteiger partial charge in [-0.05, 0) is 29.8 Å². The molecule has 0 radical (unpaired) electrons. The highest BCUT2D eigenvalue weighted by Crippen LogP contribution is 2.29. The van der Waals surface area contributed by atoms with Crippen molar-refractivity contribution in [1.82, 2.24) is 9.88 Å². The van der Waals surface area contributed by atoms with Crippen molar-refractivity contribution in [2.45, 2.75) is 5.92 Å². The molecule has 0 N–H and O–H groups in total. The Kier molecular flexibility index (Phi) is 3.65. The topological polar surface area (TPSA) is 63.4 Å². The van der Waals surface area contributed by atoms with E-state index in [4.69, 9.17) is 4.42 Å². The van der Waals surface area contributed by atoms with E-state index in [9.17, 15) is 14.0 Å². The van der Waals surface area contributed by atoms with Crippen LogP contribution in [0.3, 0.4) is 0 Å². The Morgan fingerprint density at radius 2 is 1.64 bits per heavy atom. The van der Waals surface area contributed by atoms with Gasteiger partial charge in [0.2, 0.25) is 5.89 Å². The zero-order valence-electron chi connectivity index (χ0n) is 13.1. The maximum absolute atomic E-state index is 13.2. The maximum Gasteiger partial charge on any atom is 0.261 e. The number of hydrogen-bond acceptors (Lipinski definition) is 4. The van der Waals surface area contributed by atoms with Gasteiger partial charge in [0, 0.05) is 6.54 Å². The number of amides is 2. The van der Waals surface area contributed by atoms with Gasteiger partial charge in [0.05, 0.1) is 23.2 Å². The van der Waals surface area contributed by atoms with Crippen molar-refractivity contribution in [2.24, 2.45) is 0 Å². The Bertz CT molecular complexity index is 901. The lowest BCUT2D eigenvalue weighted by Crippen LogP contribution is -2.34. The van der Waals surface area contributed by atoms with Crippen molar-refractivity contribution in [3.8, 4) is 0 Å². The van der Waals surface area contributed by atoms with Gasteiger partial charge in [-0.2, -0.15) is 0 Å². The highest BCUT2D eigenvalue weighted by atomic mass is 19.1. The minimum atomic E-state index is -0.474. The second-order valence-corrected chi connectivity index (χ2v) is 5.74. The molecule has 0 aliphatic carbocycles. The van der Waals surface area contributed by atoms with E-state index < -0.39 is 5.92 Å². The number of hydrogen-bond donors (Lipinski definition) is 0. The van der Waals surface area contributed by atoms with Gasteiger partial charge in [-0.25, -0.2) is 9.37 Å². The minimum Gasteiger partial charge on any atom is -0.448 e. The summed E-state index contributed by atoms with van der Waals surface area (Å²) in [4.78, 5) is 30.5. The average molecular weight is 336 g/mol. The molecular weight excluding hydrogens is 323 g/mol. The zero-order chi connectivity index (χ0) is 17.4. The minimum absolute atomic E-state index is 0.0679. The number of imide groups is 1. The largest absolute Gasteiger partial charge is 0.448 e. The molecule has 1 unspecified atom stereocenters. The molecule has 0 fully saturated rings. The number of aromatic nitrogens is 1. The Labute approximate surface area is 142 Å². The summed E-state index contributed by atoms with van der Waals surface area (Å²) >= 11 is 0. The SMILES string of the molecule is O=C1c2ccccc2C(=O)N1CC(c1ccc(F)cc1)c1ncco1. The average Bonchev–Trinajstić information content (AvgIpc) is 3.24. The highest BCUT2D eigenvalue weighted by Gasteiger charge is 2.37. The van der Waals surface area contributed by atoms with E-state index in [2.05, 4.69) is 4.98 Å². The van der Waals surface area contributed by atoms with Gasteiger partial charge in [-0.1, -0.05) is 24.3 Å². The van der Waals surface area contributed by atoms with Gasteiger partial charge in [0.1, 0.15) is 12.1 Å². The molecule has 2 amide bonds. The molecule has 1 aliphatic heterocycles. The molecule has 4 rings (SSSR count). The van der Waals surface area contributed by atoms with Crippen LogP contribution in [0.1, 0.15) is 38.1 Å². The molecule has 6 heteroatoms. The number of carbonyl (C=O) groups excluding carboxylic acids is 2. The van der Waals surface area contributed by atoms with Crippen LogP contribution in [0.25, 0.3) is 0 Å². The Balaban J connectivity index is 1.70. The third-order valence-corrected chi connectivity index (χ3v) is 4.27. The van der Waals surface area contributed by atoms with Crippen molar-refractivity contribution < 1.29 is 18.4 Å². The van der Waals surface area contributed by atoms with Crippen molar-refractivity contribution in [3.63, 3.8) is 0 Å². The summed E-state index contributed by atoms with van der Waals surface area (Å²) in [6.07, 6.45) is 2.92. The van der Waals surface area contributed by atoms with Crippen LogP contribution in [0, 0.1) is 5.82 Å². The summed E-state index contributed by atoms with van der Waals surface area (Å²) in [7, 11) is 0. The van der Waals surface area contributed by atoms with Crippen LogP contribution < -0.4 is 0 Å². The van der Waals surface area contributed by atoms with Crippen LogP contribution in [0.2, 0.25) is 0 Å². The fraction of sp³-hybridized carbons (Fsp3) is 0.105. The molecule has 2 aromatic carbocycles. The van der Waals surface area contributed by atoms with Crippen LogP contribution in [0.5, 0.6) is 0 Å². The fourth-order valence-corrected chi connectivity index (χ4v) is 3.02. The smallest absolute Gasteiger partial charge is 0.261 e. The molecule has 0 bridgehead atoms. The van der Waals surface area contributed by atoms with E-state index >= 15 is 0 Å². The summed E-state index contributed by atoms with van der Waals surface area (Å²) in [5.74, 6) is -1.17. The van der Waals surface area contributed by atoms with Crippen LogP contribution in [-0.2, 0) is 0 Å². The Hall–Kier alpha value is -3.28. The molecule has 25 heavy (non-hydrogen) atoms. The Morgan fingerprint density at radius 3 is 2.20 bits per heavy atom. The predicted octanol–water partition coefficient (Wildman–Crippen LogP) is 3.24. The molecular formula is C19H13FN2O3. The third kappa shape index (κ3) is 2.61. The number of halogens is 1. The second-order valence-electron chi connectivity index (χ2n) is 5.74. The first-order valence-corrected chi connectivity index (χ1v) is 7.75. The van der Waals surface area contributed by atoms with Crippen molar-refractivity contribution >= 4 is 11.8 Å². The predicted molar refractivity (Wildman–Crippen MR) is 86.6 cm³/mol. The van der Waals surface area contributed by atoms with Gasteiger partial charge in [0.15, 0.2) is 0 Å². The number of nitrogens with zero attached hydrogens (tertiary/aromatic N) is 2. The molecule has 0 spiro atoms. The third-order valence-electron chi connectivity index (χ3n) is 4.27. The van der Waals surface area contributed by atoms with E-state index in [1.807, 2.05) is 0 Å². The fourth-order valence-electron chi connectivity index (χ4n) is 3.02. The summed E-state index contributed by atoms with van der Waals surface area (Å²) in [5.41, 5.74) is 1.48. The summed E-state index contributed by atoms with van der Waals surface area (Å²) < 4.78 is 18.6. The number of rotatable bonds is 4. The van der Waals surface area contributed by atoms with Crippen LogP contribution >= 0.6 is 0 Å². The summed E-state index contributed by atoms with van der Waals surface area (Å²) in [5, 5.41) is 0. The van der Waals surface area contributed by atoms with Crippen molar-refractivity contribution in [3.05, 3.63) is 89.4 Å². The van der Waals surface area contributed by atoms with E-state index in [1.54, 1.807) is 36.4 Å². The molecule has 5 nitrogen and oxygen atoms in total. The number of oxazole rings is 1. The first-order valence-electron chi connectivity index (χ1n) is 7.75. The molecule has 124 valence electrons. The normalized spacial score (nSPS) is 14.7. The van der Waals surface area contributed by atoms with Crippen molar-refractivity contribution in [2.75, 3.05) is 6.54 Å². The van der Waals surface area contributed by atoms with E-state index in [0.717, 1.165) is 0 Å². The zero-order valence-corrected chi connectivity index (χ0v) is 13.1. The maximum atomic E-state index is 13.2. The standard InChI is InChI=1S/C19H13FN2O3/c20-13-7-5-12(6-8-13)16(17-21-9-10-25-17)11-22-18(23)14-3-1-2-4-15(14)19(22)24/h1-10,16H,11H2. The summed E-state index contributed by atoms with van der Waals surface area (Å²) in [6.45, 7) is 0.0679. The number of fused-ring (bicyclic) bond motifs is 1. The van der Waals surface area contributed by atoms with E-state index in [1.165, 1.54) is 29.5 Å². The van der Waals surface area contributed by atoms with Crippen LogP contribution in [0.15, 0.2) is 65.4 Å². The quantitative estimate of drug-likeness (QED) is 0.686. The molecule has 3 aromatic rings. The first-order chi connectivity index (χ1) is 12.1. The lowest BCUT2D eigenvalue weighted by molar-refractivity contribution is 0.0646. The summed E-state index contributed by atoms with van der Waals surface area (Å²) in [6, 6.07) is 12.6. The monoisotopic (exact) mass is 336 g/mol. The molecule has 0 saturated carbocycles. The molecule has 1 aliphatic rings. The molecule has 2 heterocycles.